The molecule has 0 atom stereocenters. The summed E-state index contributed by atoms with van der Waals surface area (Å²) in [5.41, 5.74) is 1.76. The van der Waals surface area contributed by atoms with Gasteiger partial charge in [0.05, 0.1) is 11.3 Å². The molecule has 0 radical (unpaired) electrons. The van der Waals surface area contributed by atoms with Crippen molar-refractivity contribution in [1.29, 1.82) is 0 Å². The van der Waals surface area contributed by atoms with Crippen molar-refractivity contribution >= 4 is 50.9 Å². The van der Waals surface area contributed by atoms with E-state index in [0.717, 1.165) is 9.13 Å². The number of nitrogens with zero attached hydrogens (tertiary/aromatic N) is 1. The molecule has 0 aliphatic heterocycles. The number of carbonyl (C=O) groups excluding carboxylic acids is 2. The number of nitrogens with one attached hydrogen (secondary N) is 1. The maximum absolute atomic E-state index is 13.0. The first kappa shape index (κ1) is 18.5. The fraction of sp³-hybridized carbons (Fsp3) is 0.0556. The van der Waals surface area contributed by atoms with Crippen molar-refractivity contribution in [1.82, 2.24) is 4.98 Å². The van der Waals surface area contributed by atoms with E-state index in [9.17, 15) is 14.0 Å². The lowest BCUT2D eigenvalue weighted by molar-refractivity contribution is -0.119. The van der Waals surface area contributed by atoms with Gasteiger partial charge in [0.25, 0.3) is 5.91 Å². The van der Waals surface area contributed by atoms with Crippen molar-refractivity contribution in [2.24, 2.45) is 0 Å². The summed E-state index contributed by atoms with van der Waals surface area (Å²) in [6, 6.07) is 12.8. The van der Waals surface area contributed by atoms with Gasteiger partial charge in [-0.1, -0.05) is 6.07 Å². The van der Waals surface area contributed by atoms with Crippen molar-refractivity contribution in [3.8, 4) is 11.3 Å². The number of halogens is 2. The number of carbonyl (C=O) groups is 2. The summed E-state index contributed by atoms with van der Waals surface area (Å²) in [7, 11) is 0. The summed E-state index contributed by atoms with van der Waals surface area (Å²) in [5.74, 6) is -1.37. The van der Waals surface area contributed by atoms with Crippen LogP contribution in [-0.4, -0.2) is 23.5 Å². The lowest BCUT2D eigenvalue weighted by atomic mass is 10.2. The number of anilines is 1. The Morgan fingerprint density at radius 2 is 1.96 bits per heavy atom. The SMILES string of the molecule is O=C(COC(=O)c1cccc(I)c1)Nc1nc(-c2ccc(F)cc2)cs1. The Morgan fingerprint density at radius 1 is 1.19 bits per heavy atom. The number of rotatable bonds is 5. The molecule has 0 aliphatic rings. The van der Waals surface area contributed by atoms with Crippen LogP contribution in [0.2, 0.25) is 0 Å². The van der Waals surface area contributed by atoms with E-state index in [1.807, 2.05) is 6.07 Å². The predicted octanol–water partition coefficient (Wildman–Crippen LogP) is 4.35. The molecule has 1 aromatic heterocycles. The molecule has 0 unspecified atom stereocenters. The van der Waals surface area contributed by atoms with Gasteiger partial charge in [0.2, 0.25) is 0 Å². The predicted molar refractivity (Wildman–Crippen MR) is 106 cm³/mol. The highest BCUT2D eigenvalue weighted by Gasteiger charge is 2.12. The number of benzene rings is 2. The minimum atomic E-state index is -0.565. The fourth-order valence-corrected chi connectivity index (χ4v) is 3.35. The Labute approximate surface area is 166 Å². The Kier molecular flexibility index (Phi) is 5.94. The van der Waals surface area contributed by atoms with Crippen molar-refractivity contribution in [2.45, 2.75) is 0 Å². The molecular formula is C18H12FIN2O3S. The van der Waals surface area contributed by atoms with Crippen LogP contribution in [0, 0.1) is 9.39 Å². The number of aromatic nitrogens is 1. The third-order valence-corrected chi connectivity index (χ3v) is 4.71. The molecule has 0 spiro atoms. The summed E-state index contributed by atoms with van der Waals surface area (Å²) in [6.45, 7) is -0.407. The van der Waals surface area contributed by atoms with E-state index in [1.165, 1.54) is 23.5 Å². The van der Waals surface area contributed by atoms with Crippen LogP contribution in [0.15, 0.2) is 53.9 Å². The van der Waals surface area contributed by atoms with Gasteiger partial charge in [-0.3, -0.25) is 10.1 Å². The van der Waals surface area contributed by atoms with Gasteiger partial charge in [-0.15, -0.1) is 11.3 Å². The van der Waals surface area contributed by atoms with Gasteiger partial charge in [-0.2, -0.15) is 0 Å². The normalized spacial score (nSPS) is 10.4. The van der Waals surface area contributed by atoms with Crippen molar-refractivity contribution in [3.05, 3.63) is 68.9 Å². The maximum Gasteiger partial charge on any atom is 0.338 e. The van der Waals surface area contributed by atoms with Crippen molar-refractivity contribution < 1.29 is 18.7 Å². The first-order valence-corrected chi connectivity index (χ1v) is 9.41. The van der Waals surface area contributed by atoms with E-state index in [2.05, 4.69) is 32.9 Å². The second-order valence-electron chi connectivity index (χ2n) is 5.18. The number of ether oxygens (including phenoxy) is 1. The molecule has 0 saturated heterocycles. The Morgan fingerprint density at radius 3 is 2.69 bits per heavy atom. The molecule has 3 rings (SSSR count). The number of hydrogen-bond acceptors (Lipinski definition) is 5. The number of amides is 1. The minimum Gasteiger partial charge on any atom is -0.452 e. The molecule has 1 heterocycles. The van der Waals surface area contributed by atoms with E-state index in [4.69, 9.17) is 4.74 Å². The average molecular weight is 482 g/mol. The smallest absolute Gasteiger partial charge is 0.338 e. The monoisotopic (exact) mass is 482 g/mol. The molecule has 0 fully saturated rings. The fourth-order valence-electron chi connectivity index (χ4n) is 2.07. The average Bonchev–Trinajstić information content (AvgIpc) is 3.08. The lowest BCUT2D eigenvalue weighted by Crippen LogP contribution is -2.20. The molecule has 0 aliphatic carbocycles. The standard InChI is InChI=1S/C18H12FIN2O3S/c19-13-6-4-11(5-7-13)15-10-26-18(21-15)22-16(23)9-25-17(24)12-2-1-3-14(20)8-12/h1-8,10H,9H2,(H,21,22,23). The van der Waals surface area contributed by atoms with E-state index >= 15 is 0 Å². The van der Waals surface area contributed by atoms with Gasteiger partial charge in [-0.05, 0) is 65.1 Å². The number of esters is 1. The highest BCUT2D eigenvalue weighted by Crippen LogP contribution is 2.25. The molecule has 8 heteroatoms. The highest BCUT2D eigenvalue weighted by molar-refractivity contribution is 14.1. The van der Waals surface area contributed by atoms with Crippen LogP contribution < -0.4 is 5.32 Å². The summed E-state index contributed by atoms with van der Waals surface area (Å²) >= 11 is 3.32. The molecule has 5 nitrogen and oxygen atoms in total. The maximum atomic E-state index is 13.0. The molecular weight excluding hydrogens is 470 g/mol. The Balaban J connectivity index is 1.55. The molecule has 0 bridgehead atoms. The molecule has 132 valence electrons. The molecule has 3 aromatic rings. The van der Waals surface area contributed by atoms with Crippen LogP contribution in [0.25, 0.3) is 11.3 Å². The molecule has 2 aromatic carbocycles. The third-order valence-electron chi connectivity index (χ3n) is 3.29. The van der Waals surface area contributed by atoms with Gasteiger partial charge < -0.3 is 4.74 Å². The first-order chi connectivity index (χ1) is 12.5. The van der Waals surface area contributed by atoms with Crippen molar-refractivity contribution in [3.63, 3.8) is 0 Å². The number of hydrogen-bond donors (Lipinski definition) is 1. The van der Waals surface area contributed by atoms with Crippen LogP contribution in [0.5, 0.6) is 0 Å². The third kappa shape index (κ3) is 4.85. The zero-order chi connectivity index (χ0) is 18.5. The second kappa shape index (κ2) is 8.37. The summed E-state index contributed by atoms with van der Waals surface area (Å²) < 4.78 is 18.9. The largest absolute Gasteiger partial charge is 0.452 e. The van der Waals surface area contributed by atoms with E-state index in [0.29, 0.717) is 16.4 Å². The first-order valence-electron chi connectivity index (χ1n) is 7.45. The summed E-state index contributed by atoms with van der Waals surface area (Å²) in [5, 5.41) is 4.70. The quantitative estimate of drug-likeness (QED) is 0.434. The topological polar surface area (TPSA) is 68.3 Å². The molecule has 26 heavy (non-hydrogen) atoms. The zero-order valence-corrected chi connectivity index (χ0v) is 16.2. The van der Waals surface area contributed by atoms with Crippen LogP contribution in [0.1, 0.15) is 10.4 Å². The molecule has 1 amide bonds. The zero-order valence-electron chi connectivity index (χ0n) is 13.2. The Bertz CT molecular complexity index is 944. The molecule has 1 N–H and O–H groups in total. The van der Waals surface area contributed by atoms with Crippen molar-refractivity contribution in [2.75, 3.05) is 11.9 Å². The van der Waals surface area contributed by atoms with Crippen LogP contribution in [0.3, 0.4) is 0 Å². The van der Waals surface area contributed by atoms with E-state index in [1.54, 1.807) is 35.7 Å². The van der Waals surface area contributed by atoms with Gasteiger partial charge in [0.15, 0.2) is 11.7 Å². The summed E-state index contributed by atoms with van der Waals surface area (Å²) in [6.07, 6.45) is 0. The van der Waals surface area contributed by atoms with Gasteiger partial charge >= 0.3 is 5.97 Å². The number of thiazole rings is 1. The van der Waals surface area contributed by atoms with Crippen LogP contribution in [-0.2, 0) is 9.53 Å². The van der Waals surface area contributed by atoms with Gasteiger partial charge in [0.1, 0.15) is 5.82 Å². The summed E-state index contributed by atoms with van der Waals surface area (Å²) in [4.78, 5) is 28.1. The second-order valence-corrected chi connectivity index (χ2v) is 7.28. The lowest BCUT2D eigenvalue weighted by Gasteiger charge is -2.05. The minimum absolute atomic E-state index is 0.326. The van der Waals surface area contributed by atoms with Crippen LogP contribution >= 0.6 is 33.9 Å². The Hall–Kier alpha value is -2.33. The van der Waals surface area contributed by atoms with Gasteiger partial charge in [-0.25, -0.2) is 14.2 Å². The van der Waals surface area contributed by atoms with Gasteiger partial charge in [0, 0.05) is 14.5 Å². The highest BCUT2D eigenvalue weighted by atomic mass is 127. The van der Waals surface area contributed by atoms with E-state index in [-0.39, 0.29) is 5.82 Å². The van der Waals surface area contributed by atoms with E-state index < -0.39 is 18.5 Å². The molecule has 0 saturated carbocycles. The van der Waals surface area contributed by atoms with Crippen LogP contribution in [0.4, 0.5) is 9.52 Å².